The normalized spacial score (nSPS) is 24.5. The van der Waals surface area contributed by atoms with Crippen LogP contribution >= 0.6 is 0 Å². The minimum atomic E-state index is -1.32. The lowest BCUT2D eigenvalue weighted by molar-refractivity contribution is -0.257. The molecule has 3 aromatic rings. The number of amides is 1. The molecule has 1 amide bonds. The number of aliphatic hydroxyl groups is 2. The van der Waals surface area contributed by atoms with Crippen LogP contribution in [0.15, 0.2) is 102 Å². The van der Waals surface area contributed by atoms with E-state index in [4.69, 9.17) is 28.9 Å². The van der Waals surface area contributed by atoms with Gasteiger partial charge in [0.25, 0.3) is 0 Å². The van der Waals surface area contributed by atoms with Crippen molar-refractivity contribution >= 4 is 11.6 Å². The molecule has 61 heavy (non-hydrogen) atoms. The zero-order valence-electron chi connectivity index (χ0n) is 36.1. The first-order valence-electron chi connectivity index (χ1n) is 22.4. The van der Waals surface area contributed by atoms with Crippen LogP contribution in [-0.4, -0.2) is 103 Å². The van der Waals surface area contributed by atoms with Crippen molar-refractivity contribution in [3.8, 4) is 17.2 Å². The lowest BCUT2D eigenvalue weighted by Crippen LogP contribution is -2.70. The number of rotatable bonds is 24. The Labute approximate surface area is 362 Å². The number of allylic oxidation sites excluding steroid dienone is 1. The Bertz CT molecular complexity index is 1970. The quantitative estimate of drug-likeness (QED) is 0.0405. The maximum Gasteiger partial charge on any atom is 0.239 e. The Kier molecular flexibility index (Phi) is 15.6. The fraction of sp³-hybridized carbons (Fsp3) is 0.520. The van der Waals surface area contributed by atoms with Gasteiger partial charge < -0.3 is 38.9 Å². The number of oxime groups is 1. The number of benzene rings is 3. The van der Waals surface area contributed by atoms with Crippen LogP contribution in [0.1, 0.15) is 80.9 Å². The maximum atomic E-state index is 14.9. The molecular formula is C50H65N3O8. The number of nitrogens with zero attached hydrogens (tertiary/aromatic N) is 3. The van der Waals surface area contributed by atoms with Crippen molar-refractivity contribution in [1.29, 1.82) is 0 Å². The second-order valence-corrected chi connectivity index (χ2v) is 16.8. The summed E-state index contributed by atoms with van der Waals surface area (Å²) in [4.78, 5) is 25.5. The number of carbonyl (C=O) groups is 1. The van der Waals surface area contributed by atoms with Crippen LogP contribution in [0.25, 0.3) is 0 Å². The number of methoxy groups -OCH3 is 1. The van der Waals surface area contributed by atoms with Crippen LogP contribution in [0.4, 0.5) is 0 Å². The number of ether oxygens (including phenoxy) is 4. The molecule has 0 bridgehead atoms. The molecule has 11 heteroatoms. The summed E-state index contributed by atoms with van der Waals surface area (Å²) in [6, 6.07) is 23.3. The van der Waals surface area contributed by atoms with E-state index < -0.39 is 11.8 Å². The van der Waals surface area contributed by atoms with Crippen LogP contribution in [-0.2, 0) is 27.4 Å². The minimum Gasteiger partial charge on any atom is -0.497 e. The summed E-state index contributed by atoms with van der Waals surface area (Å²) in [7, 11) is 1.63. The zero-order chi connectivity index (χ0) is 42.6. The molecular weight excluding hydrogens is 771 g/mol. The molecule has 2 aliphatic heterocycles. The molecule has 2 aliphatic carbocycles. The maximum absolute atomic E-state index is 14.9. The molecule has 2 heterocycles. The monoisotopic (exact) mass is 835 g/mol. The second kappa shape index (κ2) is 21.4. The van der Waals surface area contributed by atoms with Gasteiger partial charge >= 0.3 is 0 Å². The highest BCUT2D eigenvalue weighted by Gasteiger charge is 2.65. The number of hydrogen-bond acceptors (Lipinski definition) is 10. The fourth-order valence-corrected chi connectivity index (χ4v) is 9.84. The van der Waals surface area contributed by atoms with Gasteiger partial charge in [-0.05, 0) is 91.0 Å². The molecule has 328 valence electrons. The molecule has 1 saturated carbocycles. The van der Waals surface area contributed by atoms with Crippen molar-refractivity contribution < 1.29 is 38.8 Å². The van der Waals surface area contributed by atoms with E-state index >= 15 is 0 Å². The SMILES string of the molecule is C=CCOC12Oc3ccc(OCCN4CC4)cc3C3C(CCCCO)C(CCCCO)C=C(C(=NOCc4ccccc4)CC1N(CCC)C(=O)Cc1cccc(OC)c1)C32. The van der Waals surface area contributed by atoms with Gasteiger partial charge in [-0.25, -0.2) is 0 Å². The smallest absolute Gasteiger partial charge is 0.239 e. The van der Waals surface area contributed by atoms with Crippen LogP contribution in [0.2, 0.25) is 0 Å². The van der Waals surface area contributed by atoms with Crippen molar-refractivity contribution in [3.63, 3.8) is 0 Å². The number of hydrogen-bond donors (Lipinski definition) is 2. The Balaban J connectivity index is 1.40. The molecule has 6 atom stereocenters. The van der Waals surface area contributed by atoms with E-state index in [1.54, 1.807) is 13.2 Å². The Morgan fingerprint density at radius 1 is 0.984 bits per heavy atom. The van der Waals surface area contributed by atoms with Crippen LogP contribution in [0.5, 0.6) is 17.2 Å². The average Bonchev–Trinajstić information content (AvgIpc) is 4.11. The van der Waals surface area contributed by atoms with Gasteiger partial charge in [0.2, 0.25) is 11.7 Å². The molecule has 2 fully saturated rings. The van der Waals surface area contributed by atoms with Gasteiger partial charge in [0, 0.05) is 57.3 Å². The van der Waals surface area contributed by atoms with E-state index in [9.17, 15) is 15.0 Å². The number of carbonyl (C=O) groups excluding carboxylic acids is 1. The van der Waals surface area contributed by atoms with Crippen LogP contribution < -0.4 is 14.2 Å². The van der Waals surface area contributed by atoms with Crippen molar-refractivity contribution in [1.82, 2.24) is 9.80 Å². The van der Waals surface area contributed by atoms with E-state index in [-0.39, 0.29) is 55.8 Å². The van der Waals surface area contributed by atoms with Crippen LogP contribution in [0, 0.1) is 17.8 Å². The predicted octanol–water partition coefficient (Wildman–Crippen LogP) is 7.70. The number of unbranched alkanes of at least 4 members (excludes halogenated alkanes) is 2. The fourth-order valence-electron chi connectivity index (χ4n) is 9.84. The molecule has 0 aromatic heterocycles. The molecule has 7 rings (SSSR count). The lowest BCUT2D eigenvalue weighted by atomic mass is 9.55. The van der Waals surface area contributed by atoms with E-state index in [1.807, 2.05) is 71.6 Å². The molecule has 3 aromatic carbocycles. The van der Waals surface area contributed by atoms with E-state index in [2.05, 4.69) is 30.5 Å². The number of aliphatic hydroxyl groups excluding tert-OH is 2. The predicted molar refractivity (Wildman–Crippen MR) is 237 cm³/mol. The molecule has 6 unspecified atom stereocenters. The van der Waals surface area contributed by atoms with Gasteiger partial charge in [-0.3, -0.25) is 9.69 Å². The summed E-state index contributed by atoms with van der Waals surface area (Å²) < 4.78 is 26.5. The van der Waals surface area contributed by atoms with Gasteiger partial charge in [-0.15, -0.1) is 6.58 Å². The Hall–Kier alpha value is -4.68. The first-order chi connectivity index (χ1) is 29.9. The minimum absolute atomic E-state index is 0.0445. The van der Waals surface area contributed by atoms with Gasteiger partial charge in [-0.2, -0.15) is 0 Å². The summed E-state index contributed by atoms with van der Waals surface area (Å²) in [5.74, 6) is 0.589. The highest BCUT2D eigenvalue weighted by molar-refractivity contribution is 6.03. The van der Waals surface area contributed by atoms with Crippen LogP contribution in [0.3, 0.4) is 0 Å². The summed E-state index contributed by atoms with van der Waals surface area (Å²) in [6.45, 7) is 11.1. The van der Waals surface area contributed by atoms with E-state index in [0.29, 0.717) is 50.5 Å². The third kappa shape index (κ3) is 10.5. The Morgan fingerprint density at radius 3 is 2.51 bits per heavy atom. The van der Waals surface area contributed by atoms with Gasteiger partial charge in [0.15, 0.2) is 0 Å². The van der Waals surface area contributed by atoms with E-state index in [1.165, 1.54) is 0 Å². The highest BCUT2D eigenvalue weighted by Crippen LogP contribution is 2.62. The first kappa shape index (κ1) is 44.4. The van der Waals surface area contributed by atoms with Gasteiger partial charge in [-0.1, -0.05) is 79.5 Å². The van der Waals surface area contributed by atoms with Gasteiger partial charge in [0.1, 0.15) is 36.5 Å². The van der Waals surface area contributed by atoms with Crippen molar-refractivity contribution in [2.75, 3.05) is 59.7 Å². The first-order valence-corrected chi connectivity index (χ1v) is 22.4. The molecule has 0 spiro atoms. The summed E-state index contributed by atoms with van der Waals surface area (Å²) >= 11 is 0. The lowest BCUT2D eigenvalue weighted by Gasteiger charge is -2.60. The van der Waals surface area contributed by atoms with E-state index in [0.717, 1.165) is 85.5 Å². The highest BCUT2D eigenvalue weighted by atomic mass is 16.7. The summed E-state index contributed by atoms with van der Waals surface area (Å²) in [6.07, 6.45) is 10.2. The standard InChI is InChI=1S/C50H65N3O8/c1-4-22-53(47(56)31-37-16-13-18-39(30-37)57-3)46-34-44(51-60-35-36-14-7-6-8-15-36)42-32-38(17-9-11-26-54)41(19-10-12-27-55)48-43-33-40(58-29-25-52-23-24-52)20-21-45(43)61-50(46,49(42)48)59-28-5-2/h5-8,13-16,18,20-21,30,32-33,38,41,46,48-49,54-55H,2,4,9-12,17,19,22-29,31,34-35H2,1,3H3. The van der Waals surface area contributed by atoms with Crippen molar-refractivity contribution in [3.05, 3.63) is 114 Å². The third-order valence-electron chi connectivity index (χ3n) is 12.8. The topological polar surface area (TPSA) is 122 Å². The molecule has 0 radical (unpaired) electrons. The molecule has 1 saturated heterocycles. The van der Waals surface area contributed by atoms with Crippen molar-refractivity contribution in [2.24, 2.45) is 22.9 Å². The molecule has 4 aliphatic rings. The third-order valence-corrected chi connectivity index (χ3v) is 12.8. The summed E-state index contributed by atoms with van der Waals surface area (Å²) in [5, 5.41) is 24.9. The van der Waals surface area contributed by atoms with Crippen molar-refractivity contribution in [2.45, 2.75) is 89.1 Å². The molecule has 11 nitrogen and oxygen atoms in total. The largest absolute Gasteiger partial charge is 0.497 e. The Morgan fingerprint density at radius 2 is 1.77 bits per heavy atom. The average molecular weight is 836 g/mol. The summed E-state index contributed by atoms with van der Waals surface area (Å²) in [5.41, 5.74) is 4.71. The van der Waals surface area contributed by atoms with Gasteiger partial charge in [0.05, 0.1) is 31.8 Å². The number of fused-ring (bicyclic) bond motifs is 2. The second-order valence-electron chi connectivity index (χ2n) is 16.8. The zero-order valence-corrected chi connectivity index (χ0v) is 36.1. The molecule has 2 N–H and O–H groups in total.